The van der Waals surface area contributed by atoms with Crippen LogP contribution in [-0.2, 0) is 16.1 Å². The van der Waals surface area contributed by atoms with Crippen molar-refractivity contribution in [1.82, 2.24) is 10.2 Å². The molecule has 0 aliphatic carbocycles. The first-order valence-corrected chi connectivity index (χ1v) is 7.76. The Bertz CT molecular complexity index is 434. The van der Waals surface area contributed by atoms with Crippen molar-refractivity contribution in [2.75, 3.05) is 39.4 Å². The number of rotatable bonds is 7. The van der Waals surface area contributed by atoms with Gasteiger partial charge in [0.2, 0.25) is 5.91 Å². The fraction of sp³-hybridized carbons (Fsp3) is 0.625. The molecule has 0 aromatic carbocycles. The monoisotopic (exact) mass is 371 g/mol. The summed E-state index contributed by atoms with van der Waals surface area (Å²) < 4.78 is 7.35. The number of carbonyl (C=O) groups excluding carboxylic acids is 1. The predicted octanol–water partition coefficient (Wildman–Crippen LogP) is -2.48. The van der Waals surface area contributed by atoms with E-state index >= 15 is 0 Å². The Morgan fingerprint density at radius 3 is 2.68 bits per heavy atom. The number of pyridine rings is 1. The number of nitrogens with one attached hydrogen (secondary N) is 1. The highest BCUT2D eigenvalue weighted by Crippen LogP contribution is 1.97. The van der Waals surface area contributed by atoms with Crippen LogP contribution in [0.25, 0.3) is 0 Å². The van der Waals surface area contributed by atoms with Crippen LogP contribution in [0.15, 0.2) is 24.5 Å². The minimum Gasteiger partial charge on any atom is -1.00 e. The van der Waals surface area contributed by atoms with E-state index in [0.717, 1.165) is 52.4 Å². The number of aryl methyl sites for hydroxylation is 2. The van der Waals surface area contributed by atoms with Gasteiger partial charge in [-0.15, -0.1) is 0 Å². The largest absolute Gasteiger partial charge is 1.00 e. The number of morpholine rings is 1. The Hall–Kier alpha value is -0.980. The van der Waals surface area contributed by atoms with Gasteiger partial charge in [-0.3, -0.25) is 9.69 Å². The van der Waals surface area contributed by atoms with Crippen LogP contribution >= 0.6 is 0 Å². The van der Waals surface area contributed by atoms with Gasteiger partial charge in [0.15, 0.2) is 18.9 Å². The summed E-state index contributed by atoms with van der Waals surface area (Å²) in [5.41, 5.74) is 1.24. The number of nitrogens with zero attached hydrogens (tertiary/aromatic N) is 2. The lowest BCUT2D eigenvalue weighted by Gasteiger charge is -2.26. The van der Waals surface area contributed by atoms with Gasteiger partial charge in [0.1, 0.15) is 0 Å². The zero-order chi connectivity index (χ0) is 14.9. The Kier molecular flexibility index (Phi) is 9.27. The zero-order valence-electron chi connectivity index (χ0n) is 13.3. The van der Waals surface area contributed by atoms with E-state index in [-0.39, 0.29) is 22.9 Å². The van der Waals surface area contributed by atoms with E-state index in [1.807, 2.05) is 17.0 Å². The molecular formula is C16H26BrN3O2. The lowest BCUT2D eigenvalue weighted by molar-refractivity contribution is -0.695. The summed E-state index contributed by atoms with van der Waals surface area (Å²) in [5, 5.41) is 2.99. The Balaban J connectivity index is 0.00000242. The summed E-state index contributed by atoms with van der Waals surface area (Å²) in [6.45, 7) is 8.28. The molecule has 1 aliphatic rings. The molecule has 5 nitrogen and oxygen atoms in total. The van der Waals surface area contributed by atoms with Gasteiger partial charge >= 0.3 is 0 Å². The summed E-state index contributed by atoms with van der Waals surface area (Å²) in [6, 6.07) is 4.11. The Morgan fingerprint density at radius 1 is 1.32 bits per heavy atom. The van der Waals surface area contributed by atoms with Crippen molar-refractivity contribution in [2.24, 2.45) is 0 Å². The molecule has 1 amide bonds. The molecule has 0 atom stereocenters. The normalized spacial score (nSPS) is 15.1. The number of ether oxygens (including phenoxy) is 1. The number of aromatic nitrogens is 1. The second kappa shape index (κ2) is 10.7. The van der Waals surface area contributed by atoms with Gasteiger partial charge in [-0.25, -0.2) is 4.57 Å². The quantitative estimate of drug-likeness (QED) is 0.426. The first-order chi connectivity index (χ1) is 10.2. The second-order valence-electron chi connectivity index (χ2n) is 5.52. The highest BCUT2D eigenvalue weighted by Gasteiger charge is 2.10. The van der Waals surface area contributed by atoms with Crippen LogP contribution in [0.5, 0.6) is 0 Å². The van der Waals surface area contributed by atoms with Crippen molar-refractivity contribution in [3.8, 4) is 0 Å². The third kappa shape index (κ3) is 7.33. The molecule has 1 N–H and O–H groups in total. The van der Waals surface area contributed by atoms with Gasteiger partial charge in [0.25, 0.3) is 0 Å². The average Bonchev–Trinajstić information content (AvgIpc) is 2.52. The molecule has 1 fully saturated rings. The minimum absolute atomic E-state index is 0. The number of hydrogen-bond donors (Lipinski definition) is 1. The first kappa shape index (κ1) is 19.1. The van der Waals surface area contributed by atoms with Gasteiger partial charge in [0.05, 0.1) is 19.6 Å². The summed E-state index contributed by atoms with van der Waals surface area (Å²) in [4.78, 5) is 14.2. The lowest BCUT2D eigenvalue weighted by Crippen LogP contribution is -3.00. The van der Waals surface area contributed by atoms with Crippen LogP contribution in [-0.4, -0.2) is 50.2 Å². The molecule has 0 radical (unpaired) electrons. The van der Waals surface area contributed by atoms with E-state index in [9.17, 15) is 4.79 Å². The maximum Gasteiger partial charge on any atom is 0.226 e. The molecular weight excluding hydrogens is 346 g/mol. The van der Waals surface area contributed by atoms with Crippen molar-refractivity contribution in [2.45, 2.75) is 26.3 Å². The third-order valence-electron chi connectivity index (χ3n) is 3.73. The van der Waals surface area contributed by atoms with Crippen LogP contribution in [0, 0.1) is 6.92 Å². The second-order valence-corrected chi connectivity index (χ2v) is 5.52. The van der Waals surface area contributed by atoms with E-state index in [4.69, 9.17) is 4.74 Å². The number of hydrogen-bond acceptors (Lipinski definition) is 3. The fourth-order valence-electron chi connectivity index (χ4n) is 2.36. The summed E-state index contributed by atoms with van der Waals surface area (Å²) in [5.74, 6) is 0.130. The van der Waals surface area contributed by atoms with Crippen molar-refractivity contribution in [1.29, 1.82) is 0 Å². The molecule has 22 heavy (non-hydrogen) atoms. The highest BCUT2D eigenvalue weighted by molar-refractivity contribution is 5.75. The zero-order valence-corrected chi connectivity index (χ0v) is 14.8. The third-order valence-corrected chi connectivity index (χ3v) is 3.73. The molecule has 0 saturated carbocycles. The van der Waals surface area contributed by atoms with Gasteiger partial charge in [-0.05, 0) is 25.5 Å². The molecule has 0 spiro atoms. The highest BCUT2D eigenvalue weighted by atomic mass is 79.9. The van der Waals surface area contributed by atoms with E-state index < -0.39 is 0 Å². The SMILES string of the molecule is Cc1cc[n+](CCC(=O)NCCCN2CCOCC2)cc1.[Br-]. The molecule has 124 valence electrons. The first-order valence-electron chi connectivity index (χ1n) is 7.76. The molecule has 0 unspecified atom stereocenters. The van der Waals surface area contributed by atoms with Gasteiger partial charge in [0, 0.05) is 31.8 Å². The van der Waals surface area contributed by atoms with Crippen molar-refractivity contribution in [3.05, 3.63) is 30.1 Å². The van der Waals surface area contributed by atoms with Crippen molar-refractivity contribution >= 4 is 5.91 Å². The molecule has 1 aliphatic heterocycles. The molecule has 0 bridgehead atoms. The smallest absolute Gasteiger partial charge is 0.226 e. The topological polar surface area (TPSA) is 45.5 Å². The Morgan fingerprint density at radius 2 is 2.00 bits per heavy atom. The van der Waals surface area contributed by atoms with Crippen molar-refractivity contribution < 1.29 is 31.1 Å². The number of amides is 1. The fourth-order valence-corrected chi connectivity index (χ4v) is 2.36. The minimum atomic E-state index is 0. The summed E-state index contributed by atoms with van der Waals surface area (Å²) >= 11 is 0. The van der Waals surface area contributed by atoms with Gasteiger partial charge in [-0.1, -0.05) is 0 Å². The maximum absolute atomic E-state index is 11.8. The number of halogens is 1. The summed E-state index contributed by atoms with van der Waals surface area (Å²) in [6.07, 6.45) is 5.57. The average molecular weight is 372 g/mol. The van der Waals surface area contributed by atoms with Crippen LogP contribution < -0.4 is 26.9 Å². The molecule has 2 rings (SSSR count). The van der Waals surface area contributed by atoms with E-state index in [1.54, 1.807) is 0 Å². The van der Waals surface area contributed by atoms with Crippen LogP contribution in [0.3, 0.4) is 0 Å². The molecule has 6 heteroatoms. The number of carbonyl (C=O) groups is 1. The molecule has 2 heterocycles. The predicted molar refractivity (Wildman–Crippen MR) is 80.9 cm³/mol. The molecule has 1 saturated heterocycles. The van der Waals surface area contributed by atoms with Crippen LogP contribution in [0.4, 0.5) is 0 Å². The van der Waals surface area contributed by atoms with Crippen LogP contribution in [0.1, 0.15) is 18.4 Å². The standard InChI is InChI=1S/C16H25N3O2.BrH/c1-15-3-8-19(9-4-15)10-5-16(20)17-6-2-7-18-11-13-21-14-12-18;/h3-4,8-9H,2,5-7,10-14H2,1H3;1H. The summed E-state index contributed by atoms with van der Waals surface area (Å²) in [7, 11) is 0. The van der Waals surface area contributed by atoms with E-state index in [2.05, 4.69) is 29.3 Å². The van der Waals surface area contributed by atoms with Crippen molar-refractivity contribution in [3.63, 3.8) is 0 Å². The van der Waals surface area contributed by atoms with Gasteiger partial charge in [-0.2, -0.15) is 0 Å². The maximum atomic E-state index is 11.8. The van der Waals surface area contributed by atoms with E-state index in [1.165, 1.54) is 5.56 Å². The van der Waals surface area contributed by atoms with E-state index in [0.29, 0.717) is 6.42 Å². The van der Waals surface area contributed by atoms with Crippen LogP contribution in [0.2, 0.25) is 0 Å². The molecule has 1 aromatic heterocycles. The Labute approximate surface area is 143 Å². The van der Waals surface area contributed by atoms with Gasteiger partial charge < -0.3 is 27.0 Å². The molecule has 1 aromatic rings. The lowest BCUT2D eigenvalue weighted by atomic mass is 10.3.